The van der Waals surface area contributed by atoms with Crippen molar-refractivity contribution >= 4 is 21.7 Å². The van der Waals surface area contributed by atoms with Crippen molar-refractivity contribution in [2.75, 3.05) is 0 Å². The number of nitrogens with zero attached hydrogens (tertiary/aromatic N) is 3. The van der Waals surface area contributed by atoms with Gasteiger partial charge in [0, 0.05) is 28.3 Å². The number of hydrogen-bond donors (Lipinski definition) is 0. The predicted octanol–water partition coefficient (Wildman–Crippen LogP) is 4.73. The van der Waals surface area contributed by atoms with Crippen molar-refractivity contribution in [1.82, 2.24) is 14.0 Å². The Kier molecular flexibility index (Phi) is 4.90. The maximum absolute atomic E-state index is 12.5. The molecule has 0 amide bonds. The molecule has 0 aliphatic carbocycles. The van der Waals surface area contributed by atoms with Crippen LogP contribution in [0.2, 0.25) is 0 Å². The zero-order chi connectivity index (χ0) is 17.3. The number of rotatable bonds is 5. The van der Waals surface area contributed by atoms with Crippen molar-refractivity contribution in [2.24, 2.45) is 0 Å². The summed E-state index contributed by atoms with van der Waals surface area (Å²) in [6, 6.07) is 9.75. The molecule has 0 saturated carbocycles. The first-order valence-corrected chi connectivity index (χ1v) is 9.17. The number of fused-ring (bicyclic) bond motifs is 1. The smallest absolute Gasteiger partial charge is 0.259 e. The Morgan fingerprint density at radius 2 is 1.83 bits per heavy atom. The van der Waals surface area contributed by atoms with Gasteiger partial charge in [0.05, 0.1) is 11.4 Å². The molecule has 1 aromatic carbocycles. The van der Waals surface area contributed by atoms with Gasteiger partial charge in [0.2, 0.25) is 5.78 Å². The maximum Gasteiger partial charge on any atom is 0.259 e. The Morgan fingerprint density at radius 1 is 1.12 bits per heavy atom. The molecule has 126 valence electrons. The van der Waals surface area contributed by atoms with Gasteiger partial charge >= 0.3 is 0 Å². The Balaban J connectivity index is 2.18. The summed E-state index contributed by atoms with van der Waals surface area (Å²) in [5.74, 6) is 0.742. The molecule has 0 aliphatic rings. The number of aromatic nitrogens is 3. The quantitative estimate of drug-likeness (QED) is 0.593. The molecular formula is C19H22BrN3O. The molecule has 0 N–H and O–H groups in total. The Hall–Kier alpha value is -1.88. The fraction of sp³-hybridized carbons (Fsp3) is 0.368. The number of aryl methyl sites for hydroxylation is 3. The minimum absolute atomic E-state index is 0.0115. The van der Waals surface area contributed by atoms with E-state index in [1.807, 2.05) is 38.1 Å². The highest BCUT2D eigenvalue weighted by Gasteiger charge is 2.16. The van der Waals surface area contributed by atoms with Crippen LogP contribution in [0.25, 0.3) is 17.0 Å². The Bertz CT molecular complexity index is 922. The van der Waals surface area contributed by atoms with Crippen LogP contribution in [0.1, 0.15) is 37.6 Å². The van der Waals surface area contributed by atoms with Crippen LogP contribution < -0.4 is 5.56 Å². The molecule has 0 radical (unpaired) electrons. The van der Waals surface area contributed by atoms with E-state index in [0.717, 1.165) is 45.9 Å². The van der Waals surface area contributed by atoms with Crippen LogP contribution >= 0.6 is 15.9 Å². The van der Waals surface area contributed by atoms with Crippen LogP contribution in [-0.4, -0.2) is 14.0 Å². The minimum Gasteiger partial charge on any atom is -0.315 e. The molecule has 3 aromatic rings. The van der Waals surface area contributed by atoms with Crippen molar-refractivity contribution in [1.29, 1.82) is 0 Å². The molecular weight excluding hydrogens is 366 g/mol. The summed E-state index contributed by atoms with van der Waals surface area (Å²) in [7, 11) is 0. The molecule has 0 saturated heterocycles. The highest BCUT2D eigenvalue weighted by atomic mass is 79.9. The van der Waals surface area contributed by atoms with Crippen LogP contribution in [-0.2, 0) is 6.54 Å². The van der Waals surface area contributed by atoms with E-state index < -0.39 is 0 Å². The first-order chi connectivity index (χ1) is 11.5. The predicted molar refractivity (Wildman–Crippen MR) is 102 cm³/mol. The zero-order valence-electron chi connectivity index (χ0n) is 14.3. The number of benzene rings is 1. The van der Waals surface area contributed by atoms with E-state index in [4.69, 9.17) is 4.98 Å². The van der Waals surface area contributed by atoms with Gasteiger partial charge in [-0.05, 0) is 32.4 Å². The van der Waals surface area contributed by atoms with Crippen LogP contribution in [0.15, 0.2) is 39.6 Å². The average molecular weight is 388 g/mol. The van der Waals surface area contributed by atoms with Gasteiger partial charge in [0.1, 0.15) is 0 Å². The highest BCUT2D eigenvalue weighted by molar-refractivity contribution is 9.10. The molecule has 2 aromatic heterocycles. The van der Waals surface area contributed by atoms with Crippen molar-refractivity contribution in [3.05, 3.63) is 56.5 Å². The van der Waals surface area contributed by atoms with Gasteiger partial charge in [-0.3, -0.25) is 4.79 Å². The van der Waals surface area contributed by atoms with E-state index in [-0.39, 0.29) is 5.56 Å². The number of unbranched alkanes of at least 4 members (excludes halogenated alkanes) is 2. The lowest BCUT2D eigenvalue weighted by Gasteiger charge is -2.11. The summed E-state index contributed by atoms with van der Waals surface area (Å²) < 4.78 is 4.92. The molecule has 0 fully saturated rings. The summed E-state index contributed by atoms with van der Waals surface area (Å²) >= 11 is 3.46. The molecule has 5 heteroatoms. The second-order valence-corrected chi connectivity index (χ2v) is 7.09. The fourth-order valence-electron chi connectivity index (χ4n) is 3.09. The summed E-state index contributed by atoms with van der Waals surface area (Å²) in [5.41, 5.74) is 3.74. The van der Waals surface area contributed by atoms with Crippen molar-refractivity contribution in [3.63, 3.8) is 0 Å². The lowest BCUT2D eigenvalue weighted by Crippen LogP contribution is -2.20. The van der Waals surface area contributed by atoms with E-state index >= 15 is 0 Å². The topological polar surface area (TPSA) is 39.3 Å². The second kappa shape index (κ2) is 6.93. The lowest BCUT2D eigenvalue weighted by atomic mass is 10.1. The average Bonchev–Trinajstić information content (AvgIpc) is 2.89. The largest absolute Gasteiger partial charge is 0.315 e. The van der Waals surface area contributed by atoms with E-state index in [2.05, 4.69) is 27.4 Å². The maximum atomic E-state index is 12.5. The van der Waals surface area contributed by atoms with E-state index in [1.54, 1.807) is 10.5 Å². The first kappa shape index (κ1) is 17.0. The van der Waals surface area contributed by atoms with Gasteiger partial charge in [-0.1, -0.05) is 47.8 Å². The number of halogens is 1. The monoisotopic (exact) mass is 387 g/mol. The van der Waals surface area contributed by atoms with Crippen molar-refractivity contribution < 1.29 is 0 Å². The SMILES string of the molecule is CCCCCn1c(C)cc(=O)n2c(C)c(-c3ccc(Br)cc3)nc12. The molecule has 2 heterocycles. The Labute approximate surface area is 150 Å². The summed E-state index contributed by atoms with van der Waals surface area (Å²) in [4.78, 5) is 17.3. The second-order valence-electron chi connectivity index (χ2n) is 6.17. The lowest BCUT2D eigenvalue weighted by molar-refractivity contribution is 0.590. The molecule has 0 aliphatic heterocycles. The molecule has 4 nitrogen and oxygen atoms in total. The van der Waals surface area contributed by atoms with Crippen molar-refractivity contribution in [2.45, 2.75) is 46.6 Å². The summed E-state index contributed by atoms with van der Waals surface area (Å²) in [5, 5.41) is 0. The minimum atomic E-state index is -0.0115. The third-order valence-electron chi connectivity index (χ3n) is 4.41. The van der Waals surface area contributed by atoms with Gasteiger partial charge in [0.25, 0.3) is 5.56 Å². The van der Waals surface area contributed by atoms with Crippen molar-refractivity contribution in [3.8, 4) is 11.3 Å². The standard InChI is InChI=1S/C19H22BrN3O/c1-4-5-6-11-22-13(2)12-17(24)23-14(3)18(21-19(22)23)15-7-9-16(20)10-8-15/h7-10,12H,4-6,11H2,1-3H3. The fourth-order valence-corrected chi connectivity index (χ4v) is 3.35. The number of imidazole rings is 1. The normalized spacial score (nSPS) is 11.3. The molecule has 24 heavy (non-hydrogen) atoms. The van der Waals surface area contributed by atoms with E-state index in [0.29, 0.717) is 0 Å². The van der Waals surface area contributed by atoms with Crippen LogP contribution in [0.5, 0.6) is 0 Å². The molecule has 0 unspecified atom stereocenters. The molecule has 0 bridgehead atoms. The summed E-state index contributed by atoms with van der Waals surface area (Å²) in [6.07, 6.45) is 3.44. The van der Waals surface area contributed by atoms with Crippen LogP contribution in [0.4, 0.5) is 0 Å². The van der Waals surface area contributed by atoms with Gasteiger partial charge in [0.15, 0.2) is 0 Å². The van der Waals surface area contributed by atoms with Crippen LogP contribution in [0.3, 0.4) is 0 Å². The molecule has 3 rings (SSSR count). The van der Waals surface area contributed by atoms with Gasteiger partial charge in [-0.15, -0.1) is 0 Å². The first-order valence-electron chi connectivity index (χ1n) is 8.38. The molecule has 0 spiro atoms. The van der Waals surface area contributed by atoms with Gasteiger partial charge in [-0.2, -0.15) is 0 Å². The summed E-state index contributed by atoms with van der Waals surface area (Å²) in [6.45, 7) is 7.03. The zero-order valence-corrected chi connectivity index (χ0v) is 15.9. The van der Waals surface area contributed by atoms with Gasteiger partial charge in [-0.25, -0.2) is 9.38 Å². The van der Waals surface area contributed by atoms with E-state index in [1.165, 1.54) is 12.8 Å². The van der Waals surface area contributed by atoms with Gasteiger partial charge < -0.3 is 4.57 Å². The highest BCUT2D eigenvalue weighted by Crippen LogP contribution is 2.25. The molecule has 0 atom stereocenters. The number of hydrogen-bond acceptors (Lipinski definition) is 2. The third kappa shape index (κ3) is 3.05. The Morgan fingerprint density at radius 3 is 2.50 bits per heavy atom. The van der Waals surface area contributed by atoms with E-state index in [9.17, 15) is 4.79 Å². The third-order valence-corrected chi connectivity index (χ3v) is 4.94. The van der Waals surface area contributed by atoms with Crippen LogP contribution in [0, 0.1) is 13.8 Å².